The van der Waals surface area contributed by atoms with Crippen molar-refractivity contribution in [2.75, 3.05) is 24.7 Å². The molecule has 35 heavy (non-hydrogen) atoms. The average molecular weight is 472 g/mol. The van der Waals surface area contributed by atoms with Gasteiger partial charge in [0.05, 0.1) is 13.2 Å². The van der Waals surface area contributed by atoms with Gasteiger partial charge in [-0.2, -0.15) is 0 Å². The van der Waals surface area contributed by atoms with Gasteiger partial charge in [0.15, 0.2) is 0 Å². The number of benzene rings is 3. The smallest absolute Gasteiger partial charge is 0.302 e. The molecule has 0 aliphatic rings. The van der Waals surface area contributed by atoms with Crippen molar-refractivity contribution in [3.63, 3.8) is 0 Å². The first-order chi connectivity index (χ1) is 17.0. The molecule has 3 aromatic carbocycles. The molecule has 0 saturated carbocycles. The molecule has 3 rings (SSSR count). The quantitative estimate of drug-likeness (QED) is 0.148. The molecular weight excluding hydrogens is 434 g/mol. The summed E-state index contributed by atoms with van der Waals surface area (Å²) < 4.78 is 10.6. The summed E-state index contributed by atoms with van der Waals surface area (Å²) in [6.45, 7) is 11.2. The summed E-state index contributed by atoms with van der Waals surface area (Å²) in [5.41, 5.74) is 8.47. The van der Waals surface area contributed by atoms with E-state index in [1.165, 1.54) is 29.2 Å². The van der Waals surface area contributed by atoms with Crippen LogP contribution in [0.15, 0.2) is 79.4 Å². The van der Waals surface area contributed by atoms with Crippen molar-refractivity contribution in [3.05, 3.63) is 102 Å². The Labute approximate surface area is 210 Å². The second kappa shape index (κ2) is 13.5. The monoisotopic (exact) mass is 471 g/mol. The van der Waals surface area contributed by atoms with Gasteiger partial charge in [0.2, 0.25) is 0 Å². The van der Waals surface area contributed by atoms with Crippen LogP contribution in [0.5, 0.6) is 0 Å². The van der Waals surface area contributed by atoms with Gasteiger partial charge in [-0.25, -0.2) is 0 Å². The molecule has 184 valence electrons. The largest absolute Gasteiger partial charge is 0.466 e. The van der Waals surface area contributed by atoms with Gasteiger partial charge in [-0.15, -0.1) is 6.58 Å². The number of carbonyl (C=O) groups excluding carboxylic acids is 1. The van der Waals surface area contributed by atoms with Crippen LogP contribution in [-0.2, 0) is 27.1 Å². The van der Waals surface area contributed by atoms with Gasteiger partial charge in [0.1, 0.15) is 0 Å². The highest BCUT2D eigenvalue weighted by atomic mass is 16.5. The summed E-state index contributed by atoms with van der Waals surface area (Å²) >= 11 is 0. The van der Waals surface area contributed by atoms with Crippen LogP contribution in [-0.4, -0.2) is 25.8 Å². The van der Waals surface area contributed by atoms with E-state index in [1.54, 1.807) is 6.08 Å². The molecule has 0 aliphatic heterocycles. The number of esters is 1. The SMILES string of the molecule is C=CCOCCCc1ccc(N(c2ccc(CCCOC(C)=O)cc2)c2ccc(C)c(C)c2)cc1. The lowest BCUT2D eigenvalue weighted by molar-refractivity contribution is -0.141. The van der Waals surface area contributed by atoms with Crippen LogP contribution in [0.4, 0.5) is 17.1 Å². The van der Waals surface area contributed by atoms with E-state index in [0.717, 1.165) is 49.4 Å². The standard InChI is InChI=1S/C31H37NO3/c1-5-20-34-21-6-8-27-11-16-29(17-12-27)32(31-15-10-24(2)25(3)23-31)30-18-13-28(14-19-30)9-7-22-35-26(4)33/h5,10-19,23H,1,6-9,20-22H2,2-4H3. The van der Waals surface area contributed by atoms with Crippen LogP contribution in [0.3, 0.4) is 0 Å². The molecule has 0 N–H and O–H groups in total. The number of ether oxygens (including phenoxy) is 2. The van der Waals surface area contributed by atoms with E-state index in [2.05, 4.69) is 92.1 Å². The maximum Gasteiger partial charge on any atom is 0.302 e. The summed E-state index contributed by atoms with van der Waals surface area (Å²) in [7, 11) is 0. The Bertz CT molecular complexity index is 1090. The van der Waals surface area contributed by atoms with Gasteiger partial charge in [0.25, 0.3) is 0 Å². The van der Waals surface area contributed by atoms with E-state index in [9.17, 15) is 4.79 Å². The van der Waals surface area contributed by atoms with Crippen LogP contribution in [0.1, 0.15) is 42.0 Å². The highest BCUT2D eigenvalue weighted by molar-refractivity contribution is 5.77. The van der Waals surface area contributed by atoms with Crippen molar-refractivity contribution in [2.24, 2.45) is 0 Å². The highest BCUT2D eigenvalue weighted by Crippen LogP contribution is 2.35. The van der Waals surface area contributed by atoms with E-state index in [1.807, 2.05) is 0 Å². The number of aryl methyl sites for hydroxylation is 4. The maximum atomic E-state index is 11.0. The Morgan fingerprint density at radius 3 is 1.86 bits per heavy atom. The number of rotatable bonds is 13. The molecule has 0 spiro atoms. The predicted octanol–water partition coefficient (Wildman–Crippen LogP) is 7.40. The third-order valence-electron chi connectivity index (χ3n) is 6.04. The van der Waals surface area contributed by atoms with E-state index in [4.69, 9.17) is 9.47 Å². The Balaban J connectivity index is 1.78. The molecule has 4 nitrogen and oxygen atoms in total. The van der Waals surface area contributed by atoms with E-state index < -0.39 is 0 Å². The normalized spacial score (nSPS) is 10.7. The molecule has 0 saturated heterocycles. The zero-order valence-corrected chi connectivity index (χ0v) is 21.3. The minimum atomic E-state index is -0.226. The molecule has 0 amide bonds. The average Bonchev–Trinajstić information content (AvgIpc) is 2.86. The van der Waals surface area contributed by atoms with Crippen molar-refractivity contribution >= 4 is 23.0 Å². The first-order valence-electron chi connectivity index (χ1n) is 12.3. The molecule has 0 fully saturated rings. The van der Waals surface area contributed by atoms with Crippen LogP contribution in [0.25, 0.3) is 0 Å². The van der Waals surface area contributed by atoms with Gasteiger partial charge < -0.3 is 14.4 Å². The lowest BCUT2D eigenvalue weighted by Crippen LogP contribution is -2.10. The Morgan fingerprint density at radius 1 is 0.800 bits per heavy atom. The molecule has 0 aromatic heterocycles. The topological polar surface area (TPSA) is 38.8 Å². The molecule has 0 atom stereocenters. The number of carbonyl (C=O) groups is 1. The second-order valence-corrected chi connectivity index (χ2v) is 8.85. The van der Waals surface area contributed by atoms with Crippen LogP contribution < -0.4 is 4.90 Å². The van der Waals surface area contributed by atoms with Crippen molar-refractivity contribution in [1.29, 1.82) is 0 Å². The minimum absolute atomic E-state index is 0.226. The summed E-state index contributed by atoms with van der Waals surface area (Å²) in [4.78, 5) is 13.3. The Kier molecular flexibility index (Phi) is 10.1. The number of hydrogen-bond donors (Lipinski definition) is 0. The van der Waals surface area contributed by atoms with Crippen LogP contribution in [0, 0.1) is 13.8 Å². The zero-order valence-electron chi connectivity index (χ0n) is 21.3. The van der Waals surface area contributed by atoms with Crippen LogP contribution in [0.2, 0.25) is 0 Å². The summed E-state index contributed by atoms with van der Waals surface area (Å²) in [6, 6.07) is 24.1. The molecule has 0 radical (unpaired) electrons. The fourth-order valence-electron chi connectivity index (χ4n) is 3.97. The fourth-order valence-corrected chi connectivity index (χ4v) is 3.97. The number of anilines is 3. The second-order valence-electron chi connectivity index (χ2n) is 8.85. The summed E-state index contributed by atoms with van der Waals surface area (Å²) in [6.07, 6.45) is 5.46. The Morgan fingerprint density at radius 2 is 1.34 bits per heavy atom. The number of nitrogens with zero attached hydrogens (tertiary/aromatic N) is 1. The molecule has 3 aromatic rings. The van der Waals surface area contributed by atoms with Gasteiger partial charge in [-0.3, -0.25) is 4.79 Å². The molecule has 0 unspecified atom stereocenters. The van der Waals surface area contributed by atoms with Crippen LogP contribution >= 0.6 is 0 Å². The van der Waals surface area contributed by atoms with Gasteiger partial charge in [0, 0.05) is 30.6 Å². The van der Waals surface area contributed by atoms with Crippen molar-refractivity contribution in [2.45, 2.75) is 46.5 Å². The molecule has 0 heterocycles. The highest BCUT2D eigenvalue weighted by Gasteiger charge is 2.13. The third kappa shape index (κ3) is 8.11. The molecule has 0 bridgehead atoms. The summed E-state index contributed by atoms with van der Waals surface area (Å²) in [5.74, 6) is -0.226. The maximum absolute atomic E-state index is 11.0. The van der Waals surface area contributed by atoms with Gasteiger partial charge in [-0.1, -0.05) is 36.4 Å². The lowest BCUT2D eigenvalue weighted by atomic mass is 10.1. The fraction of sp³-hybridized carbons (Fsp3) is 0.323. The molecule has 0 aliphatic carbocycles. The summed E-state index contributed by atoms with van der Waals surface area (Å²) in [5, 5.41) is 0. The van der Waals surface area contributed by atoms with Gasteiger partial charge in [-0.05, 0) is 98.2 Å². The van der Waals surface area contributed by atoms with E-state index in [0.29, 0.717) is 13.2 Å². The Hall–Kier alpha value is -3.37. The zero-order chi connectivity index (χ0) is 25.0. The van der Waals surface area contributed by atoms with E-state index in [-0.39, 0.29) is 5.97 Å². The van der Waals surface area contributed by atoms with Crippen molar-refractivity contribution in [3.8, 4) is 0 Å². The molecular formula is C31H37NO3. The third-order valence-corrected chi connectivity index (χ3v) is 6.04. The first-order valence-corrected chi connectivity index (χ1v) is 12.3. The number of hydrogen-bond acceptors (Lipinski definition) is 4. The van der Waals surface area contributed by atoms with Gasteiger partial charge >= 0.3 is 5.97 Å². The predicted molar refractivity (Wildman–Crippen MR) is 145 cm³/mol. The minimum Gasteiger partial charge on any atom is -0.466 e. The first kappa shape index (κ1) is 26.2. The molecule has 4 heteroatoms. The lowest BCUT2D eigenvalue weighted by Gasteiger charge is -2.26. The van der Waals surface area contributed by atoms with E-state index >= 15 is 0 Å². The van der Waals surface area contributed by atoms with Crippen molar-refractivity contribution in [1.82, 2.24) is 0 Å². The van der Waals surface area contributed by atoms with Crippen molar-refractivity contribution < 1.29 is 14.3 Å².